The second kappa shape index (κ2) is 6.94. The molecule has 3 aromatic rings. The van der Waals surface area contributed by atoms with Gasteiger partial charge in [0.2, 0.25) is 0 Å². The second-order valence-corrected chi connectivity index (χ2v) is 6.10. The highest BCUT2D eigenvalue weighted by molar-refractivity contribution is 7.16. The number of carbonyl (C=O) groups excluding carboxylic acids is 2. The Bertz CT molecular complexity index is 1040. The smallest absolute Gasteiger partial charge is 0.325 e. The zero-order chi connectivity index (χ0) is 18.0. The molecule has 2 aromatic carbocycles. The van der Waals surface area contributed by atoms with Crippen LogP contribution in [0, 0.1) is 11.6 Å². The summed E-state index contributed by atoms with van der Waals surface area (Å²) in [5.41, 5.74) is 0.621. The average Bonchev–Trinajstić information content (AvgIpc) is 2.91. The van der Waals surface area contributed by atoms with Crippen LogP contribution in [0.15, 0.2) is 47.5 Å². The van der Waals surface area contributed by atoms with E-state index in [9.17, 15) is 18.4 Å². The van der Waals surface area contributed by atoms with Crippen LogP contribution in [0.4, 0.5) is 8.78 Å². The quantitative estimate of drug-likeness (QED) is 0.673. The van der Waals surface area contributed by atoms with E-state index in [-0.39, 0.29) is 16.9 Å². The number of hydrogen-bond donors (Lipinski definition) is 0. The molecule has 3 rings (SSSR count). The van der Waals surface area contributed by atoms with Gasteiger partial charge in [0, 0.05) is 5.56 Å². The number of amides is 1. The monoisotopic (exact) mass is 362 g/mol. The molecule has 0 aliphatic heterocycles. The lowest BCUT2D eigenvalue weighted by Crippen LogP contribution is -2.22. The first-order valence-corrected chi connectivity index (χ1v) is 8.00. The minimum absolute atomic E-state index is 0.0771. The standard InChI is InChI=1S/C17H12F2N2O3S/c1-24-15(22)9-21-13-6-5-12(19)8-14(13)25-17(21)20-16(23)10-3-2-4-11(18)7-10/h2-8H,9H2,1H3. The Morgan fingerprint density at radius 1 is 1.16 bits per heavy atom. The fourth-order valence-electron chi connectivity index (χ4n) is 2.25. The zero-order valence-corrected chi connectivity index (χ0v) is 13.8. The zero-order valence-electron chi connectivity index (χ0n) is 13.0. The Morgan fingerprint density at radius 3 is 2.64 bits per heavy atom. The van der Waals surface area contributed by atoms with Crippen LogP contribution in [-0.2, 0) is 16.1 Å². The van der Waals surface area contributed by atoms with Crippen LogP contribution in [0.2, 0.25) is 0 Å². The van der Waals surface area contributed by atoms with Crippen LogP contribution in [-0.4, -0.2) is 23.6 Å². The number of carbonyl (C=O) groups is 2. The van der Waals surface area contributed by atoms with Crippen molar-refractivity contribution in [3.8, 4) is 0 Å². The summed E-state index contributed by atoms with van der Waals surface area (Å²) >= 11 is 1.05. The van der Waals surface area contributed by atoms with Gasteiger partial charge >= 0.3 is 5.97 Å². The molecule has 8 heteroatoms. The van der Waals surface area contributed by atoms with E-state index in [1.165, 1.54) is 48.1 Å². The Kier molecular flexibility index (Phi) is 4.71. The summed E-state index contributed by atoms with van der Waals surface area (Å²) in [6.45, 7) is -0.183. The van der Waals surface area contributed by atoms with E-state index >= 15 is 0 Å². The van der Waals surface area contributed by atoms with E-state index in [2.05, 4.69) is 9.73 Å². The number of nitrogens with zero attached hydrogens (tertiary/aromatic N) is 2. The molecule has 0 fully saturated rings. The maximum absolute atomic E-state index is 13.4. The third-order valence-corrected chi connectivity index (χ3v) is 4.47. The molecular weight excluding hydrogens is 350 g/mol. The normalized spacial score (nSPS) is 11.7. The van der Waals surface area contributed by atoms with Gasteiger partial charge in [0.05, 0.1) is 17.3 Å². The van der Waals surface area contributed by atoms with Crippen molar-refractivity contribution in [1.29, 1.82) is 0 Å². The average molecular weight is 362 g/mol. The van der Waals surface area contributed by atoms with Crippen molar-refractivity contribution >= 4 is 33.4 Å². The number of halogens is 2. The summed E-state index contributed by atoms with van der Waals surface area (Å²) < 4.78 is 33.4. The van der Waals surface area contributed by atoms with Crippen LogP contribution < -0.4 is 4.80 Å². The molecule has 0 unspecified atom stereocenters. The van der Waals surface area contributed by atoms with Crippen LogP contribution in [0.3, 0.4) is 0 Å². The van der Waals surface area contributed by atoms with E-state index in [4.69, 9.17) is 0 Å². The number of ether oxygens (including phenoxy) is 1. The van der Waals surface area contributed by atoms with Crippen molar-refractivity contribution in [2.45, 2.75) is 6.54 Å². The van der Waals surface area contributed by atoms with Crippen molar-refractivity contribution in [1.82, 2.24) is 4.57 Å². The van der Waals surface area contributed by atoms with Gasteiger partial charge in [0.15, 0.2) is 4.80 Å². The molecule has 0 N–H and O–H groups in total. The molecule has 1 amide bonds. The lowest BCUT2D eigenvalue weighted by atomic mass is 10.2. The van der Waals surface area contributed by atoms with E-state index in [0.717, 1.165) is 17.4 Å². The molecule has 0 atom stereocenters. The molecule has 5 nitrogen and oxygen atoms in total. The summed E-state index contributed by atoms with van der Waals surface area (Å²) in [7, 11) is 1.24. The first-order valence-electron chi connectivity index (χ1n) is 7.18. The Balaban J connectivity index is 2.15. The molecule has 0 spiro atoms. The topological polar surface area (TPSA) is 60.7 Å². The largest absolute Gasteiger partial charge is 0.468 e. The van der Waals surface area contributed by atoms with Gasteiger partial charge in [-0.05, 0) is 36.4 Å². The first kappa shape index (κ1) is 17.0. The number of fused-ring (bicyclic) bond motifs is 1. The van der Waals surface area contributed by atoms with Gasteiger partial charge < -0.3 is 9.30 Å². The number of aromatic nitrogens is 1. The molecule has 0 aliphatic rings. The van der Waals surface area contributed by atoms with Gasteiger partial charge in [-0.1, -0.05) is 17.4 Å². The highest BCUT2D eigenvalue weighted by Gasteiger charge is 2.13. The fraction of sp³-hybridized carbons (Fsp3) is 0.118. The van der Waals surface area contributed by atoms with Gasteiger partial charge in [0.25, 0.3) is 5.91 Å². The van der Waals surface area contributed by atoms with Crippen molar-refractivity contribution in [3.05, 3.63) is 64.5 Å². The highest BCUT2D eigenvalue weighted by atomic mass is 32.1. The van der Waals surface area contributed by atoms with E-state index in [0.29, 0.717) is 10.2 Å². The van der Waals surface area contributed by atoms with Gasteiger partial charge in [0.1, 0.15) is 18.2 Å². The fourth-order valence-corrected chi connectivity index (χ4v) is 3.30. The first-order chi connectivity index (χ1) is 12.0. The van der Waals surface area contributed by atoms with Crippen LogP contribution in [0.1, 0.15) is 10.4 Å². The molecule has 128 valence electrons. The van der Waals surface area contributed by atoms with Gasteiger partial charge in [-0.15, -0.1) is 0 Å². The van der Waals surface area contributed by atoms with Gasteiger partial charge in [-0.3, -0.25) is 9.59 Å². The lowest BCUT2D eigenvalue weighted by Gasteiger charge is -2.03. The molecule has 0 saturated carbocycles. The number of hydrogen-bond acceptors (Lipinski definition) is 4. The number of rotatable bonds is 3. The van der Waals surface area contributed by atoms with Crippen molar-refractivity contribution in [2.75, 3.05) is 7.11 Å². The summed E-state index contributed by atoms with van der Waals surface area (Å²) in [5, 5.41) is 0. The van der Waals surface area contributed by atoms with E-state index in [1.54, 1.807) is 0 Å². The molecular formula is C17H12F2N2O3S. The van der Waals surface area contributed by atoms with Crippen molar-refractivity contribution in [2.24, 2.45) is 4.99 Å². The third kappa shape index (κ3) is 3.63. The Labute approximate surface area is 144 Å². The third-order valence-electron chi connectivity index (χ3n) is 3.43. The Hall–Kier alpha value is -2.87. The van der Waals surface area contributed by atoms with Crippen molar-refractivity contribution < 1.29 is 23.1 Å². The van der Waals surface area contributed by atoms with E-state index < -0.39 is 23.5 Å². The molecule has 0 radical (unpaired) electrons. The van der Waals surface area contributed by atoms with Crippen LogP contribution in [0.25, 0.3) is 10.2 Å². The van der Waals surface area contributed by atoms with Crippen LogP contribution in [0.5, 0.6) is 0 Å². The van der Waals surface area contributed by atoms with Gasteiger partial charge in [-0.2, -0.15) is 4.99 Å². The second-order valence-electron chi connectivity index (χ2n) is 5.09. The summed E-state index contributed by atoms with van der Waals surface area (Å²) in [5.74, 6) is -2.20. The number of methoxy groups -OCH3 is 1. The molecule has 0 saturated heterocycles. The number of benzene rings is 2. The lowest BCUT2D eigenvalue weighted by molar-refractivity contribution is -0.141. The molecule has 1 heterocycles. The maximum Gasteiger partial charge on any atom is 0.325 e. The summed E-state index contributed by atoms with van der Waals surface area (Å²) in [6.07, 6.45) is 0. The minimum Gasteiger partial charge on any atom is -0.468 e. The number of esters is 1. The predicted octanol–water partition coefficient (Wildman–Crippen LogP) is 2.90. The SMILES string of the molecule is COC(=O)Cn1c(=NC(=O)c2cccc(F)c2)sc2cc(F)ccc21. The van der Waals surface area contributed by atoms with Crippen molar-refractivity contribution in [3.63, 3.8) is 0 Å². The summed E-state index contributed by atoms with van der Waals surface area (Å²) in [4.78, 5) is 28.1. The molecule has 0 aliphatic carbocycles. The molecule has 0 bridgehead atoms. The predicted molar refractivity (Wildman–Crippen MR) is 88.1 cm³/mol. The molecule has 1 aromatic heterocycles. The van der Waals surface area contributed by atoms with Gasteiger partial charge in [-0.25, -0.2) is 8.78 Å². The van der Waals surface area contributed by atoms with Crippen LogP contribution >= 0.6 is 11.3 Å². The number of thiazole rings is 1. The summed E-state index contributed by atoms with van der Waals surface area (Å²) in [6, 6.07) is 9.17. The van der Waals surface area contributed by atoms with E-state index in [1.807, 2.05) is 0 Å². The Morgan fingerprint density at radius 2 is 1.92 bits per heavy atom. The molecule has 25 heavy (non-hydrogen) atoms. The minimum atomic E-state index is -0.662. The maximum atomic E-state index is 13.4. The highest BCUT2D eigenvalue weighted by Crippen LogP contribution is 2.19.